The van der Waals surface area contributed by atoms with Gasteiger partial charge in [-0.15, -0.1) is 0 Å². The summed E-state index contributed by atoms with van der Waals surface area (Å²) >= 11 is 0. The molecule has 0 aliphatic heterocycles. The second-order valence-corrected chi connectivity index (χ2v) is 4.93. The van der Waals surface area contributed by atoms with Crippen LogP contribution in [0.25, 0.3) is 0 Å². The van der Waals surface area contributed by atoms with E-state index in [1.165, 1.54) is 0 Å². The van der Waals surface area contributed by atoms with Gasteiger partial charge in [0.1, 0.15) is 0 Å². The summed E-state index contributed by atoms with van der Waals surface area (Å²) in [6.07, 6.45) is 3.22. The Labute approximate surface area is 107 Å². The third kappa shape index (κ3) is 5.35. The lowest BCUT2D eigenvalue weighted by Gasteiger charge is -2.26. The molecule has 6 nitrogen and oxygen atoms in total. The van der Waals surface area contributed by atoms with E-state index in [0.29, 0.717) is 13.0 Å². The van der Waals surface area contributed by atoms with Crippen LogP contribution in [0.2, 0.25) is 0 Å². The minimum Gasteiger partial charge on any atom is -0.481 e. The fourth-order valence-corrected chi connectivity index (χ4v) is 1.98. The van der Waals surface area contributed by atoms with Crippen LogP contribution in [0, 0.1) is 5.92 Å². The quantitative estimate of drug-likeness (QED) is 0.583. The van der Waals surface area contributed by atoms with Crippen LogP contribution in [0.3, 0.4) is 0 Å². The van der Waals surface area contributed by atoms with Crippen LogP contribution in [-0.4, -0.2) is 40.9 Å². The Morgan fingerprint density at radius 1 is 1.28 bits per heavy atom. The van der Waals surface area contributed by atoms with Gasteiger partial charge in [0.15, 0.2) is 0 Å². The van der Waals surface area contributed by atoms with Crippen molar-refractivity contribution in [3.05, 3.63) is 0 Å². The molecule has 1 atom stereocenters. The molecule has 2 amide bonds. The van der Waals surface area contributed by atoms with Gasteiger partial charge in [-0.1, -0.05) is 6.92 Å². The second-order valence-electron chi connectivity index (χ2n) is 4.93. The standard InChI is InChI=1S/C12H22N2O4/c1-8(11(16)17)6-7-13-12(18)14-9-2-4-10(15)5-3-9/h8-10,15H,2-7H2,1H3,(H,16,17)(H2,13,14,18). The molecule has 1 aliphatic carbocycles. The number of carboxylic acid groups (broad SMARTS) is 1. The molecule has 0 spiro atoms. The van der Waals surface area contributed by atoms with Crippen molar-refractivity contribution in [2.24, 2.45) is 5.92 Å². The zero-order valence-corrected chi connectivity index (χ0v) is 10.7. The molecule has 4 N–H and O–H groups in total. The van der Waals surface area contributed by atoms with Gasteiger partial charge >= 0.3 is 12.0 Å². The molecule has 0 aromatic carbocycles. The zero-order valence-electron chi connectivity index (χ0n) is 10.7. The molecule has 6 heteroatoms. The van der Waals surface area contributed by atoms with E-state index in [0.717, 1.165) is 25.7 Å². The number of nitrogens with one attached hydrogen (secondary N) is 2. The molecule has 1 fully saturated rings. The number of rotatable bonds is 5. The average molecular weight is 258 g/mol. The summed E-state index contributed by atoms with van der Waals surface area (Å²) in [6, 6.07) is -0.140. The largest absolute Gasteiger partial charge is 0.481 e. The van der Waals surface area contributed by atoms with Crippen LogP contribution in [0.15, 0.2) is 0 Å². The topological polar surface area (TPSA) is 98.7 Å². The third-order valence-corrected chi connectivity index (χ3v) is 3.32. The van der Waals surface area contributed by atoms with E-state index in [1.807, 2.05) is 0 Å². The highest BCUT2D eigenvalue weighted by atomic mass is 16.4. The van der Waals surface area contributed by atoms with Gasteiger partial charge in [-0.05, 0) is 32.1 Å². The molecule has 18 heavy (non-hydrogen) atoms. The number of carbonyl (C=O) groups is 2. The molecule has 1 saturated carbocycles. The van der Waals surface area contributed by atoms with E-state index < -0.39 is 11.9 Å². The van der Waals surface area contributed by atoms with Gasteiger partial charge in [-0.3, -0.25) is 4.79 Å². The van der Waals surface area contributed by atoms with Gasteiger partial charge in [-0.25, -0.2) is 4.79 Å². The lowest BCUT2D eigenvalue weighted by atomic mass is 9.93. The zero-order chi connectivity index (χ0) is 13.5. The molecule has 0 aromatic heterocycles. The Hall–Kier alpha value is -1.30. The third-order valence-electron chi connectivity index (χ3n) is 3.32. The minimum absolute atomic E-state index is 0.116. The monoisotopic (exact) mass is 258 g/mol. The molecular weight excluding hydrogens is 236 g/mol. The second kappa shape index (κ2) is 7.20. The first-order valence-electron chi connectivity index (χ1n) is 6.44. The number of carbonyl (C=O) groups excluding carboxylic acids is 1. The van der Waals surface area contributed by atoms with Crippen LogP contribution in [0.5, 0.6) is 0 Å². The van der Waals surface area contributed by atoms with Crippen LogP contribution < -0.4 is 10.6 Å². The van der Waals surface area contributed by atoms with E-state index in [9.17, 15) is 14.7 Å². The highest BCUT2D eigenvalue weighted by molar-refractivity contribution is 5.74. The van der Waals surface area contributed by atoms with Crippen molar-refractivity contribution in [3.8, 4) is 0 Å². The summed E-state index contributed by atoms with van der Waals surface area (Å²) in [4.78, 5) is 22.1. The van der Waals surface area contributed by atoms with Crippen LogP contribution in [0.1, 0.15) is 39.0 Å². The van der Waals surface area contributed by atoms with Crippen molar-refractivity contribution in [2.75, 3.05) is 6.54 Å². The average Bonchev–Trinajstić information content (AvgIpc) is 2.32. The van der Waals surface area contributed by atoms with E-state index in [1.54, 1.807) is 6.92 Å². The predicted molar refractivity (Wildman–Crippen MR) is 66.2 cm³/mol. The molecule has 1 rings (SSSR count). The van der Waals surface area contributed by atoms with Crippen LogP contribution in [0.4, 0.5) is 4.79 Å². The number of carboxylic acids is 1. The highest BCUT2D eigenvalue weighted by Crippen LogP contribution is 2.17. The summed E-state index contributed by atoms with van der Waals surface area (Å²) in [5.74, 6) is -1.30. The summed E-state index contributed by atoms with van der Waals surface area (Å²) in [7, 11) is 0. The Balaban J connectivity index is 2.12. The highest BCUT2D eigenvalue weighted by Gasteiger charge is 2.20. The van der Waals surface area contributed by atoms with E-state index in [4.69, 9.17) is 5.11 Å². The summed E-state index contributed by atoms with van der Waals surface area (Å²) < 4.78 is 0. The molecule has 0 bridgehead atoms. The summed E-state index contributed by atoms with van der Waals surface area (Å²) in [6.45, 7) is 1.97. The molecule has 104 valence electrons. The molecule has 0 aromatic rings. The summed E-state index contributed by atoms with van der Waals surface area (Å²) in [5, 5.41) is 23.5. The maximum atomic E-state index is 11.5. The van der Waals surface area contributed by atoms with Crippen LogP contribution in [-0.2, 0) is 4.79 Å². The van der Waals surface area contributed by atoms with Crippen molar-refractivity contribution in [3.63, 3.8) is 0 Å². The first kappa shape index (κ1) is 14.8. The molecule has 0 radical (unpaired) electrons. The smallest absolute Gasteiger partial charge is 0.315 e. The molecule has 1 aliphatic rings. The Kier molecular flexibility index (Phi) is 5.91. The van der Waals surface area contributed by atoms with Gasteiger partial charge in [0.2, 0.25) is 0 Å². The Morgan fingerprint density at radius 2 is 1.89 bits per heavy atom. The van der Waals surface area contributed by atoms with Gasteiger partial charge in [-0.2, -0.15) is 0 Å². The van der Waals surface area contributed by atoms with Crippen molar-refractivity contribution in [1.29, 1.82) is 0 Å². The fourth-order valence-electron chi connectivity index (χ4n) is 1.98. The van der Waals surface area contributed by atoms with E-state index >= 15 is 0 Å². The minimum atomic E-state index is -0.849. The van der Waals surface area contributed by atoms with Gasteiger partial charge in [0.05, 0.1) is 12.0 Å². The SMILES string of the molecule is CC(CCNC(=O)NC1CCC(O)CC1)C(=O)O. The lowest BCUT2D eigenvalue weighted by molar-refractivity contribution is -0.141. The predicted octanol–water partition coefficient (Wildman–Crippen LogP) is 0.700. The number of aliphatic carboxylic acids is 1. The van der Waals surface area contributed by atoms with Crippen molar-refractivity contribution in [1.82, 2.24) is 10.6 Å². The maximum absolute atomic E-state index is 11.5. The van der Waals surface area contributed by atoms with Gasteiger partial charge in [0.25, 0.3) is 0 Å². The Morgan fingerprint density at radius 3 is 2.44 bits per heavy atom. The van der Waals surface area contributed by atoms with Gasteiger partial charge in [0, 0.05) is 12.6 Å². The molecular formula is C12H22N2O4. The first-order valence-corrected chi connectivity index (χ1v) is 6.44. The lowest BCUT2D eigenvalue weighted by Crippen LogP contribution is -2.44. The number of aliphatic hydroxyl groups is 1. The van der Waals surface area contributed by atoms with E-state index in [2.05, 4.69) is 10.6 Å². The molecule has 1 unspecified atom stereocenters. The van der Waals surface area contributed by atoms with Crippen LogP contribution >= 0.6 is 0 Å². The molecule has 0 saturated heterocycles. The number of hydrogen-bond donors (Lipinski definition) is 4. The molecule has 0 heterocycles. The number of amides is 2. The maximum Gasteiger partial charge on any atom is 0.315 e. The van der Waals surface area contributed by atoms with E-state index in [-0.39, 0.29) is 18.2 Å². The van der Waals surface area contributed by atoms with Crippen molar-refractivity contribution >= 4 is 12.0 Å². The van der Waals surface area contributed by atoms with Crippen molar-refractivity contribution < 1.29 is 19.8 Å². The van der Waals surface area contributed by atoms with Gasteiger partial charge < -0.3 is 20.8 Å². The summed E-state index contributed by atoms with van der Waals surface area (Å²) in [5.41, 5.74) is 0. The fraction of sp³-hybridized carbons (Fsp3) is 0.833. The number of urea groups is 1. The Bertz CT molecular complexity index is 288. The first-order chi connectivity index (χ1) is 8.49. The number of aliphatic hydroxyl groups excluding tert-OH is 1. The van der Waals surface area contributed by atoms with Crippen molar-refractivity contribution in [2.45, 2.75) is 51.2 Å². The number of hydrogen-bond acceptors (Lipinski definition) is 3. The normalized spacial score (nSPS) is 25.2.